The van der Waals surface area contributed by atoms with Gasteiger partial charge in [-0.2, -0.15) is 4.40 Å². The van der Waals surface area contributed by atoms with E-state index in [1.54, 1.807) is 0 Å². The molecule has 0 spiro atoms. The first-order chi connectivity index (χ1) is 9.42. The molecule has 0 aliphatic carbocycles. The van der Waals surface area contributed by atoms with Gasteiger partial charge >= 0.3 is 5.65 Å². The summed E-state index contributed by atoms with van der Waals surface area (Å²) in [6.45, 7) is 0.925. The summed E-state index contributed by atoms with van der Waals surface area (Å²) < 4.78 is 5.83. The summed E-state index contributed by atoms with van der Waals surface area (Å²) >= 11 is 1.83. The van der Waals surface area contributed by atoms with Crippen LogP contribution in [0.1, 0.15) is 5.56 Å². The van der Waals surface area contributed by atoms with Gasteiger partial charge in [0.2, 0.25) is 0 Å². The van der Waals surface area contributed by atoms with E-state index in [0.29, 0.717) is 0 Å². The van der Waals surface area contributed by atoms with Gasteiger partial charge in [0.25, 0.3) is 0 Å². The molecule has 4 aromatic heterocycles. The molecule has 0 amide bonds. The first-order valence-electron chi connectivity index (χ1n) is 6.12. The van der Waals surface area contributed by atoms with Gasteiger partial charge in [0.05, 0.1) is 5.56 Å². The maximum absolute atomic E-state index is 4.25. The Kier molecular flexibility index (Phi) is 1.62. The van der Waals surface area contributed by atoms with E-state index < -0.39 is 0 Å². The molecule has 0 fully saturated rings. The first kappa shape index (κ1) is 9.63. The quantitative estimate of drug-likeness (QED) is 0.402. The number of hydrogen-bond acceptors (Lipinski definition) is 3. The highest BCUT2D eigenvalue weighted by molar-refractivity contribution is 7.21. The maximum atomic E-state index is 4.25. The number of rotatable bonds is 0. The molecule has 4 aromatic rings. The van der Waals surface area contributed by atoms with Gasteiger partial charge < -0.3 is 0 Å². The Hall–Kier alpha value is -2.27. The van der Waals surface area contributed by atoms with E-state index in [-0.39, 0.29) is 0 Å². The van der Waals surface area contributed by atoms with E-state index in [2.05, 4.69) is 31.1 Å². The Balaban J connectivity index is 1.94. The molecular formula is C14H9N4S+. The van der Waals surface area contributed by atoms with Crippen molar-refractivity contribution in [3.8, 4) is 10.6 Å². The Bertz CT molecular complexity index is 951. The molecular weight excluding hydrogens is 256 g/mol. The highest BCUT2D eigenvalue weighted by Gasteiger charge is 2.30. The molecule has 1 aliphatic rings. The van der Waals surface area contributed by atoms with Crippen molar-refractivity contribution >= 4 is 27.2 Å². The van der Waals surface area contributed by atoms with Crippen LogP contribution in [0.3, 0.4) is 0 Å². The minimum absolute atomic E-state index is 0.925. The summed E-state index contributed by atoms with van der Waals surface area (Å²) in [5.41, 5.74) is 5.04. The van der Waals surface area contributed by atoms with E-state index in [9.17, 15) is 0 Å². The number of thiazole rings is 1. The van der Waals surface area contributed by atoms with Crippen LogP contribution in [0.5, 0.6) is 0 Å². The van der Waals surface area contributed by atoms with Crippen LogP contribution in [0.4, 0.5) is 0 Å². The second-order valence-corrected chi connectivity index (χ2v) is 5.76. The van der Waals surface area contributed by atoms with Crippen LogP contribution in [0.15, 0.2) is 43.1 Å². The number of pyridine rings is 1. The van der Waals surface area contributed by atoms with Crippen LogP contribution in [0.2, 0.25) is 0 Å². The van der Waals surface area contributed by atoms with Crippen molar-refractivity contribution < 1.29 is 4.57 Å². The fraction of sp³-hybridized carbons (Fsp3) is 0.0714. The Morgan fingerprint density at radius 2 is 2.16 bits per heavy atom. The molecule has 0 unspecified atom stereocenters. The second kappa shape index (κ2) is 3.19. The van der Waals surface area contributed by atoms with E-state index in [0.717, 1.165) is 6.54 Å². The summed E-state index contributed by atoms with van der Waals surface area (Å²) in [5, 5.41) is 1.30. The van der Waals surface area contributed by atoms with Crippen LogP contribution in [-0.2, 0) is 6.54 Å². The van der Waals surface area contributed by atoms with Crippen molar-refractivity contribution in [3.63, 3.8) is 0 Å². The largest absolute Gasteiger partial charge is 0.307 e. The Morgan fingerprint density at radius 3 is 3.16 bits per heavy atom. The van der Waals surface area contributed by atoms with Gasteiger partial charge in [-0.3, -0.25) is 4.98 Å². The highest BCUT2D eigenvalue weighted by Crippen LogP contribution is 2.35. The normalized spacial score (nSPS) is 13.1. The molecule has 5 heteroatoms. The third kappa shape index (κ3) is 1.11. The third-order valence-corrected chi connectivity index (χ3v) is 4.85. The van der Waals surface area contributed by atoms with E-state index >= 15 is 0 Å². The van der Waals surface area contributed by atoms with Gasteiger partial charge in [-0.25, -0.2) is 9.55 Å². The minimum atomic E-state index is 0.925. The van der Waals surface area contributed by atoms with E-state index in [1.165, 1.54) is 32.0 Å². The molecule has 0 radical (unpaired) electrons. The zero-order chi connectivity index (χ0) is 12.4. The zero-order valence-corrected chi connectivity index (χ0v) is 10.8. The summed E-state index contributed by atoms with van der Waals surface area (Å²) in [7, 11) is 0. The summed E-state index contributed by atoms with van der Waals surface area (Å²) in [5.74, 6) is 0. The summed E-state index contributed by atoms with van der Waals surface area (Å²) in [4.78, 5) is 8.48. The van der Waals surface area contributed by atoms with Crippen molar-refractivity contribution in [3.05, 3.63) is 48.7 Å². The van der Waals surface area contributed by atoms with Crippen molar-refractivity contribution in [2.45, 2.75) is 6.54 Å². The third-order valence-electron chi connectivity index (χ3n) is 3.70. The average molecular weight is 265 g/mol. The van der Waals surface area contributed by atoms with Crippen LogP contribution in [-0.4, -0.2) is 14.4 Å². The van der Waals surface area contributed by atoms with Crippen molar-refractivity contribution in [1.29, 1.82) is 0 Å². The predicted molar refractivity (Wildman–Crippen MR) is 73.1 cm³/mol. The Morgan fingerprint density at radius 1 is 1.21 bits per heavy atom. The zero-order valence-electron chi connectivity index (χ0n) is 9.95. The molecule has 1 aliphatic heterocycles. The van der Waals surface area contributed by atoms with Gasteiger partial charge in [-0.15, -0.1) is 0 Å². The topological polar surface area (TPSA) is 34.1 Å². The van der Waals surface area contributed by atoms with Gasteiger partial charge in [0, 0.05) is 36.3 Å². The van der Waals surface area contributed by atoms with Gasteiger partial charge in [-0.05, 0) is 6.07 Å². The van der Waals surface area contributed by atoms with Crippen LogP contribution >= 0.6 is 11.3 Å². The van der Waals surface area contributed by atoms with Gasteiger partial charge in [0.15, 0.2) is 11.3 Å². The van der Waals surface area contributed by atoms with E-state index in [1.807, 2.05) is 42.3 Å². The van der Waals surface area contributed by atoms with Crippen molar-refractivity contribution in [2.75, 3.05) is 0 Å². The van der Waals surface area contributed by atoms with Crippen LogP contribution in [0.25, 0.3) is 26.4 Å². The summed E-state index contributed by atoms with van der Waals surface area (Å²) in [6.07, 6.45) is 7.56. The molecule has 0 saturated heterocycles. The highest BCUT2D eigenvalue weighted by atomic mass is 32.1. The second-order valence-electron chi connectivity index (χ2n) is 4.73. The molecule has 19 heavy (non-hydrogen) atoms. The first-order valence-corrected chi connectivity index (χ1v) is 6.94. The number of hydrogen-bond donors (Lipinski definition) is 0. The summed E-state index contributed by atoms with van der Waals surface area (Å²) in [6, 6.07) is 6.38. The van der Waals surface area contributed by atoms with Crippen LogP contribution < -0.4 is 4.57 Å². The van der Waals surface area contributed by atoms with Crippen molar-refractivity contribution in [1.82, 2.24) is 14.4 Å². The number of aromatic nitrogens is 4. The lowest BCUT2D eigenvalue weighted by Gasteiger charge is -1.91. The van der Waals surface area contributed by atoms with Crippen LogP contribution in [0, 0.1) is 0 Å². The average Bonchev–Trinajstić information content (AvgIpc) is 3.05. The lowest BCUT2D eigenvalue weighted by atomic mass is 10.2. The fourth-order valence-corrected chi connectivity index (χ4v) is 4.09. The van der Waals surface area contributed by atoms with E-state index in [4.69, 9.17) is 0 Å². The molecule has 0 bridgehead atoms. The van der Waals surface area contributed by atoms with Gasteiger partial charge in [-0.1, -0.05) is 11.3 Å². The predicted octanol–water partition coefficient (Wildman–Crippen LogP) is 2.26. The van der Waals surface area contributed by atoms with Crippen molar-refractivity contribution in [2.24, 2.45) is 0 Å². The number of fused-ring (bicyclic) bond motifs is 7. The molecule has 0 atom stereocenters. The lowest BCUT2D eigenvalue weighted by molar-refractivity contribution is -0.644. The Labute approximate surface area is 112 Å². The van der Waals surface area contributed by atoms with Gasteiger partial charge in [0.1, 0.15) is 16.8 Å². The SMILES string of the molecule is c1cc2c(cn1)-c1sc3cc4ccncn4c3[n+]1C2. The molecule has 0 saturated carbocycles. The monoisotopic (exact) mass is 265 g/mol. The lowest BCUT2D eigenvalue weighted by Crippen LogP contribution is -2.31. The smallest absolute Gasteiger partial charge is 0.264 e. The molecule has 0 N–H and O–H groups in total. The molecule has 5 rings (SSSR count). The molecule has 4 nitrogen and oxygen atoms in total. The minimum Gasteiger partial charge on any atom is -0.264 e. The molecule has 5 heterocycles. The molecule has 90 valence electrons. The fourth-order valence-electron chi connectivity index (χ4n) is 2.85. The standard InChI is InChI=1S/C14H9N4S/c1-3-15-6-11-9(1)7-17-13-12(19-14(11)17)5-10-2-4-16-8-18(10)13/h1-6,8H,7H2/q+1. The number of nitrogens with zero attached hydrogens (tertiary/aromatic N) is 4. The maximum Gasteiger partial charge on any atom is 0.307 e. The molecule has 0 aromatic carbocycles.